The highest BCUT2D eigenvalue weighted by molar-refractivity contribution is 6.12. The van der Waals surface area contributed by atoms with Gasteiger partial charge in [0, 0.05) is 23.0 Å². The molecule has 0 aliphatic carbocycles. The molecule has 1 aliphatic rings. The molecule has 0 aromatic heterocycles. The number of amidine groups is 1. The van der Waals surface area contributed by atoms with Gasteiger partial charge in [-0.1, -0.05) is 45.9 Å². The fourth-order valence-corrected chi connectivity index (χ4v) is 4.19. The van der Waals surface area contributed by atoms with Crippen LogP contribution in [0.5, 0.6) is 0 Å². The summed E-state index contributed by atoms with van der Waals surface area (Å²) in [5.41, 5.74) is 7.85. The van der Waals surface area contributed by atoms with Crippen molar-refractivity contribution in [3.05, 3.63) is 75.8 Å². The quantitative estimate of drug-likeness (QED) is 0.456. The minimum absolute atomic E-state index is 0.430. The Labute approximate surface area is 177 Å². The number of nitrogens with zero attached hydrogens (tertiary/aromatic N) is 2. The molecular weight excluding hydrogens is 352 g/mol. The van der Waals surface area contributed by atoms with Crippen molar-refractivity contribution in [3.8, 4) is 0 Å². The summed E-state index contributed by atoms with van der Waals surface area (Å²) in [7, 11) is 0. The summed E-state index contributed by atoms with van der Waals surface area (Å²) in [5.74, 6) is 2.61. The Balaban J connectivity index is 2.17. The van der Waals surface area contributed by atoms with Crippen LogP contribution in [0.4, 0.5) is 0 Å². The summed E-state index contributed by atoms with van der Waals surface area (Å²) in [5, 5.41) is 0. The van der Waals surface area contributed by atoms with Crippen molar-refractivity contribution < 1.29 is 0 Å². The molecule has 2 nitrogen and oxygen atoms in total. The van der Waals surface area contributed by atoms with Crippen LogP contribution in [0.2, 0.25) is 0 Å². The predicted molar refractivity (Wildman–Crippen MR) is 127 cm³/mol. The molecule has 0 amide bonds. The number of benzene rings is 2. The maximum atomic E-state index is 5.11. The second-order valence-electron chi connectivity index (χ2n) is 9.32. The zero-order chi connectivity index (χ0) is 21.3. The van der Waals surface area contributed by atoms with Crippen LogP contribution in [-0.4, -0.2) is 12.1 Å². The average Bonchev–Trinajstić information content (AvgIpc) is 3.15. The molecule has 152 valence electrons. The van der Waals surface area contributed by atoms with Crippen LogP contribution in [-0.2, 0) is 0 Å². The van der Waals surface area contributed by atoms with Crippen molar-refractivity contribution in [1.82, 2.24) is 0 Å². The van der Waals surface area contributed by atoms with E-state index in [0.717, 1.165) is 11.9 Å². The lowest BCUT2D eigenvalue weighted by molar-refractivity contribution is 0.814. The molecular formula is C27H35N2+. The summed E-state index contributed by atoms with van der Waals surface area (Å²) < 4.78 is 0. The van der Waals surface area contributed by atoms with Crippen LogP contribution in [0, 0.1) is 6.04 Å². The Morgan fingerprint density at radius 1 is 0.621 bits per heavy atom. The van der Waals surface area contributed by atoms with E-state index in [9.17, 15) is 0 Å². The Morgan fingerprint density at radius 2 is 1.03 bits per heavy atom. The SMILES string of the molecule is CC(C)c1cccc(C(C)C)c1C1=N[C+](c2c(C(C)C)cccc2C(C)C)C=N1. The molecule has 0 saturated carbocycles. The summed E-state index contributed by atoms with van der Waals surface area (Å²) >= 11 is 0. The minimum atomic E-state index is 0.430. The van der Waals surface area contributed by atoms with Gasteiger partial charge in [-0.25, -0.2) is 0 Å². The van der Waals surface area contributed by atoms with Gasteiger partial charge >= 0.3 is 0 Å². The molecule has 1 aliphatic heterocycles. The smallest absolute Gasteiger partial charge is 0.175 e. The highest BCUT2D eigenvalue weighted by atomic mass is 15.0. The first-order valence-electron chi connectivity index (χ1n) is 11.0. The van der Waals surface area contributed by atoms with Crippen LogP contribution in [0.15, 0.2) is 46.4 Å². The van der Waals surface area contributed by atoms with Crippen LogP contribution in [0.1, 0.15) is 112 Å². The Hall–Kier alpha value is -2.35. The first kappa shape index (κ1) is 21.4. The van der Waals surface area contributed by atoms with Gasteiger partial charge in [0.2, 0.25) is 5.84 Å². The van der Waals surface area contributed by atoms with E-state index in [1.807, 2.05) is 6.21 Å². The van der Waals surface area contributed by atoms with Crippen LogP contribution >= 0.6 is 0 Å². The van der Waals surface area contributed by atoms with Gasteiger partial charge in [-0.2, -0.15) is 4.99 Å². The molecule has 29 heavy (non-hydrogen) atoms. The van der Waals surface area contributed by atoms with Gasteiger partial charge in [-0.15, -0.1) is 4.99 Å². The largest absolute Gasteiger partial charge is 0.233 e. The van der Waals surface area contributed by atoms with Crippen molar-refractivity contribution in [2.45, 2.75) is 79.1 Å². The third kappa shape index (κ3) is 4.17. The third-order valence-corrected chi connectivity index (χ3v) is 5.76. The van der Waals surface area contributed by atoms with E-state index in [1.165, 1.54) is 33.4 Å². The first-order valence-corrected chi connectivity index (χ1v) is 11.0. The second kappa shape index (κ2) is 8.57. The average molecular weight is 388 g/mol. The number of hydrogen-bond donors (Lipinski definition) is 0. The second-order valence-corrected chi connectivity index (χ2v) is 9.32. The summed E-state index contributed by atoms with van der Waals surface area (Å²) in [6.07, 6.45) is 1.98. The maximum Gasteiger partial charge on any atom is 0.233 e. The molecule has 2 aromatic rings. The van der Waals surface area contributed by atoms with Crippen molar-refractivity contribution in [2.24, 2.45) is 9.98 Å². The van der Waals surface area contributed by atoms with Crippen molar-refractivity contribution in [2.75, 3.05) is 0 Å². The molecule has 0 fully saturated rings. The zero-order valence-electron chi connectivity index (χ0n) is 19.2. The topological polar surface area (TPSA) is 24.7 Å². The maximum absolute atomic E-state index is 5.11. The standard InChI is InChI=1S/C27H35N2/c1-16(2)20-11-9-12-21(17(3)4)25(20)24-15-28-27(29-24)26-22(18(5)6)13-10-14-23(26)19(7)8/h9-19H,1-8H3/q+1. The fourth-order valence-electron chi connectivity index (χ4n) is 4.19. The highest BCUT2D eigenvalue weighted by Gasteiger charge is 2.33. The predicted octanol–water partition coefficient (Wildman–Crippen LogP) is 7.59. The molecule has 0 saturated heterocycles. The fraction of sp³-hybridized carbons (Fsp3) is 0.444. The minimum Gasteiger partial charge on any atom is -0.175 e. The van der Waals surface area contributed by atoms with Gasteiger partial charge in [0.1, 0.15) is 11.8 Å². The van der Waals surface area contributed by atoms with Crippen LogP contribution in [0.25, 0.3) is 0 Å². The number of hydrogen-bond acceptors (Lipinski definition) is 2. The Bertz CT molecular complexity index is 877. The summed E-state index contributed by atoms with van der Waals surface area (Å²) in [6.45, 7) is 18.0. The van der Waals surface area contributed by atoms with Crippen molar-refractivity contribution >= 4 is 12.1 Å². The zero-order valence-corrected chi connectivity index (χ0v) is 19.2. The van der Waals surface area contributed by atoms with Gasteiger partial charge in [0.05, 0.1) is 5.56 Å². The lowest BCUT2D eigenvalue weighted by atomic mass is 9.85. The molecule has 0 spiro atoms. The van der Waals surface area contributed by atoms with E-state index in [-0.39, 0.29) is 0 Å². The molecule has 0 atom stereocenters. The summed E-state index contributed by atoms with van der Waals surface area (Å²) in [6, 6.07) is 14.3. The first-order chi connectivity index (χ1) is 13.7. The van der Waals surface area contributed by atoms with Crippen molar-refractivity contribution in [1.29, 1.82) is 0 Å². The molecule has 0 unspecified atom stereocenters. The summed E-state index contributed by atoms with van der Waals surface area (Å²) in [4.78, 5) is 9.95. The lowest BCUT2D eigenvalue weighted by Gasteiger charge is -2.17. The van der Waals surface area contributed by atoms with E-state index < -0.39 is 0 Å². The Morgan fingerprint density at radius 3 is 1.45 bits per heavy atom. The molecule has 3 rings (SSSR count). The molecule has 2 heteroatoms. The van der Waals surface area contributed by atoms with Gasteiger partial charge in [-0.05, 0) is 68.9 Å². The van der Waals surface area contributed by atoms with Crippen molar-refractivity contribution in [3.63, 3.8) is 0 Å². The molecule has 2 aromatic carbocycles. The van der Waals surface area contributed by atoms with Gasteiger partial charge in [-0.3, -0.25) is 0 Å². The molecule has 0 bridgehead atoms. The highest BCUT2D eigenvalue weighted by Crippen LogP contribution is 2.36. The van der Waals surface area contributed by atoms with E-state index in [0.29, 0.717) is 23.7 Å². The van der Waals surface area contributed by atoms with E-state index in [4.69, 9.17) is 9.98 Å². The lowest BCUT2D eigenvalue weighted by Crippen LogP contribution is -2.10. The number of rotatable bonds is 6. The van der Waals surface area contributed by atoms with Gasteiger partial charge < -0.3 is 0 Å². The monoisotopic (exact) mass is 387 g/mol. The normalized spacial score (nSPS) is 14.1. The van der Waals surface area contributed by atoms with Gasteiger partial charge in [0.15, 0.2) is 6.04 Å². The van der Waals surface area contributed by atoms with Crippen LogP contribution < -0.4 is 0 Å². The van der Waals surface area contributed by atoms with Crippen LogP contribution in [0.3, 0.4) is 0 Å². The van der Waals surface area contributed by atoms with E-state index >= 15 is 0 Å². The van der Waals surface area contributed by atoms with Gasteiger partial charge in [0.25, 0.3) is 0 Å². The Kier molecular flexibility index (Phi) is 6.31. The molecule has 0 N–H and O–H groups in total. The van der Waals surface area contributed by atoms with E-state index in [1.54, 1.807) is 0 Å². The molecule has 1 heterocycles. The number of aliphatic imine (C=N–C) groups is 2. The van der Waals surface area contributed by atoms with E-state index in [2.05, 4.69) is 91.8 Å². The molecule has 0 radical (unpaired) electrons. The third-order valence-electron chi connectivity index (χ3n) is 5.76.